The van der Waals surface area contributed by atoms with Crippen LogP contribution in [-0.2, 0) is 11.2 Å². The molecule has 0 aromatic heterocycles. The number of hydrogen-bond acceptors (Lipinski definition) is 6. The molecule has 2 aromatic carbocycles. The van der Waals surface area contributed by atoms with Gasteiger partial charge in [0.25, 0.3) is 5.69 Å². The first-order valence-corrected chi connectivity index (χ1v) is 9.44. The van der Waals surface area contributed by atoms with Crippen molar-refractivity contribution in [3.8, 4) is 11.5 Å². The molecule has 0 aliphatic carbocycles. The van der Waals surface area contributed by atoms with Gasteiger partial charge in [-0.2, -0.15) is 0 Å². The van der Waals surface area contributed by atoms with Crippen molar-refractivity contribution < 1.29 is 19.2 Å². The lowest BCUT2D eigenvalue weighted by molar-refractivity contribution is -0.384. The molecule has 0 spiro atoms. The van der Waals surface area contributed by atoms with E-state index in [0.29, 0.717) is 30.2 Å². The Morgan fingerprint density at radius 1 is 1.15 bits per heavy atom. The van der Waals surface area contributed by atoms with Crippen molar-refractivity contribution in [3.05, 3.63) is 63.7 Å². The molecule has 3 rings (SSSR count). The fraction of sp³-hybridized carbons (Fsp3) is 0.316. The number of carbonyl (C=O) groups is 1. The number of thioether (sulfide) groups is 1. The first-order chi connectivity index (χ1) is 13.0. The lowest BCUT2D eigenvalue weighted by Gasteiger charge is -2.24. The fourth-order valence-electron chi connectivity index (χ4n) is 3.02. The molecule has 1 heterocycles. The highest BCUT2D eigenvalue weighted by Crippen LogP contribution is 2.39. The van der Waals surface area contributed by atoms with Gasteiger partial charge in [0, 0.05) is 18.7 Å². The largest absolute Gasteiger partial charge is 0.493 e. The summed E-state index contributed by atoms with van der Waals surface area (Å²) in [5, 5.41) is 10.7. The molecule has 0 N–H and O–H groups in total. The van der Waals surface area contributed by atoms with E-state index in [-0.39, 0.29) is 17.0 Å². The number of methoxy groups -OCH3 is 2. The summed E-state index contributed by atoms with van der Waals surface area (Å²) in [6.07, 6.45) is 0.677. The average Bonchev–Trinajstić information content (AvgIpc) is 3.06. The molecule has 0 saturated carbocycles. The normalized spacial score (nSPS) is 16.4. The van der Waals surface area contributed by atoms with Crippen molar-refractivity contribution in [1.82, 2.24) is 4.90 Å². The highest BCUT2D eigenvalue weighted by Gasteiger charge is 2.32. The van der Waals surface area contributed by atoms with Crippen LogP contribution in [0.25, 0.3) is 0 Å². The second-order valence-electron chi connectivity index (χ2n) is 6.04. The Morgan fingerprint density at radius 3 is 2.48 bits per heavy atom. The molecule has 1 aliphatic heterocycles. The van der Waals surface area contributed by atoms with Gasteiger partial charge in [0.15, 0.2) is 11.5 Å². The van der Waals surface area contributed by atoms with Crippen molar-refractivity contribution >= 4 is 23.4 Å². The number of rotatable bonds is 7. The molecule has 7 nitrogen and oxygen atoms in total. The smallest absolute Gasteiger partial charge is 0.269 e. The van der Waals surface area contributed by atoms with Gasteiger partial charge >= 0.3 is 0 Å². The first-order valence-electron chi connectivity index (χ1n) is 8.40. The van der Waals surface area contributed by atoms with Gasteiger partial charge in [-0.05, 0) is 41.8 Å². The van der Waals surface area contributed by atoms with Crippen LogP contribution in [0.2, 0.25) is 0 Å². The third-order valence-electron chi connectivity index (χ3n) is 4.45. The molecule has 2 aromatic rings. The number of non-ortho nitro benzene ring substituents is 1. The van der Waals surface area contributed by atoms with Gasteiger partial charge in [-0.3, -0.25) is 14.9 Å². The Labute approximate surface area is 161 Å². The molecule has 8 heteroatoms. The molecule has 27 heavy (non-hydrogen) atoms. The van der Waals surface area contributed by atoms with Crippen LogP contribution in [0.15, 0.2) is 42.5 Å². The summed E-state index contributed by atoms with van der Waals surface area (Å²) in [5.41, 5.74) is 1.98. The Balaban J connectivity index is 1.72. The molecular formula is C19H20N2O5S. The second-order valence-corrected chi connectivity index (χ2v) is 7.11. The molecule has 1 aliphatic rings. The lowest BCUT2D eigenvalue weighted by atomic mass is 10.1. The molecular weight excluding hydrogens is 368 g/mol. The summed E-state index contributed by atoms with van der Waals surface area (Å²) >= 11 is 1.54. The number of ether oxygens (including phenoxy) is 2. The van der Waals surface area contributed by atoms with E-state index in [4.69, 9.17) is 9.47 Å². The van der Waals surface area contributed by atoms with Crippen molar-refractivity contribution in [2.45, 2.75) is 11.8 Å². The number of benzene rings is 2. The average molecular weight is 388 g/mol. The van der Waals surface area contributed by atoms with E-state index < -0.39 is 4.92 Å². The summed E-state index contributed by atoms with van der Waals surface area (Å²) in [6, 6.07) is 12.1. The van der Waals surface area contributed by atoms with Gasteiger partial charge in [-0.15, -0.1) is 11.8 Å². The Hall–Kier alpha value is -2.74. The molecule has 1 atom stereocenters. The minimum absolute atomic E-state index is 0.0463. The van der Waals surface area contributed by atoms with Gasteiger partial charge in [0.1, 0.15) is 5.37 Å². The summed E-state index contributed by atoms with van der Waals surface area (Å²) in [7, 11) is 3.18. The molecule has 1 amide bonds. The van der Waals surface area contributed by atoms with Gasteiger partial charge in [-0.25, -0.2) is 0 Å². The van der Waals surface area contributed by atoms with E-state index in [2.05, 4.69) is 0 Å². The minimum atomic E-state index is -0.425. The first kappa shape index (κ1) is 19.0. The van der Waals surface area contributed by atoms with E-state index >= 15 is 0 Å². The van der Waals surface area contributed by atoms with E-state index in [1.54, 1.807) is 26.4 Å². The zero-order valence-electron chi connectivity index (χ0n) is 15.1. The summed E-state index contributed by atoms with van der Waals surface area (Å²) in [4.78, 5) is 24.6. The molecule has 142 valence electrons. The molecule has 0 radical (unpaired) electrons. The predicted octanol–water partition coefficient (Wildman–Crippen LogP) is 3.43. The van der Waals surface area contributed by atoms with E-state index in [1.165, 1.54) is 23.9 Å². The van der Waals surface area contributed by atoms with E-state index in [0.717, 1.165) is 11.1 Å². The lowest BCUT2D eigenvalue weighted by Crippen LogP contribution is -2.30. The number of nitrogens with zero attached hydrogens (tertiary/aromatic N) is 2. The third kappa shape index (κ3) is 4.16. The second kappa shape index (κ2) is 8.30. The van der Waals surface area contributed by atoms with Crippen LogP contribution in [0.3, 0.4) is 0 Å². The van der Waals surface area contributed by atoms with Crippen LogP contribution in [0, 0.1) is 10.1 Å². The van der Waals surface area contributed by atoms with Gasteiger partial charge in [0.05, 0.1) is 24.9 Å². The Kier molecular flexibility index (Phi) is 5.85. The van der Waals surface area contributed by atoms with Crippen LogP contribution >= 0.6 is 11.8 Å². The van der Waals surface area contributed by atoms with Crippen molar-refractivity contribution in [3.63, 3.8) is 0 Å². The van der Waals surface area contributed by atoms with Crippen LogP contribution in [-0.4, -0.2) is 42.2 Å². The maximum Gasteiger partial charge on any atom is 0.269 e. The number of carbonyl (C=O) groups excluding carboxylic acids is 1. The van der Waals surface area contributed by atoms with E-state index in [1.807, 2.05) is 23.1 Å². The maximum absolute atomic E-state index is 12.3. The molecule has 0 bridgehead atoms. The number of nitro benzene ring substituents is 1. The highest BCUT2D eigenvalue weighted by molar-refractivity contribution is 8.00. The number of nitro groups is 1. The fourth-order valence-corrected chi connectivity index (χ4v) is 4.24. The van der Waals surface area contributed by atoms with Crippen molar-refractivity contribution in [2.75, 3.05) is 26.5 Å². The van der Waals surface area contributed by atoms with Crippen LogP contribution in [0.1, 0.15) is 16.5 Å². The molecule has 0 unspecified atom stereocenters. The number of hydrogen-bond donors (Lipinski definition) is 0. The summed E-state index contributed by atoms with van der Waals surface area (Å²) < 4.78 is 10.6. The van der Waals surface area contributed by atoms with Crippen LogP contribution < -0.4 is 9.47 Å². The zero-order chi connectivity index (χ0) is 19.4. The van der Waals surface area contributed by atoms with E-state index in [9.17, 15) is 14.9 Å². The van der Waals surface area contributed by atoms with Crippen LogP contribution in [0.5, 0.6) is 11.5 Å². The quantitative estimate of drug-likeness (QED) is 0.534. The molecule has 1 fully saturated rings. The van der Waals surface area contributed by atoms with Crippen molar-refractivity contribution in [1.29, 1.82) is 0 Å². The monoisotopic (exact) mass is 388 g/mol. The summed E-state index contributed by atoms with van der Waals surface area (Å²) in [5.74, 6) is 1.80. The predicted molar refractivity (Wildman–Crippen MR) is 103 cm³/mol. The minimum Gasteiger partial charge on any atom is -0.493 e. The van der Waals surface area contributed by atoms with Gasteiger partial charge in [-0.1, -0.05) is 6.07 Å². The topological polar surface area (TPSA) is 81.9 Å². The van der Waals surface area contributed by atoms with Crippen LogP contribution in [0.4, 0.5) is 5.69 Å². The zero-order valence-corrected chi connectivity index (χ0v) is 15.9. The number of amides is 1. The van der Waals surface area contributed by atoms with Gasteiger partial charge < -0.3 is 14.4 Å². The third-order valence-corrected chi connectivity index (χ3v) is 5.70. The Morgan fingerprint density at radius 2 is 1.85 bits per heavy atom. The highest BCUT2D eigenvalue weighted by atomic mass is 32.2. The standard InChI is InChI=1S/C19H20N2O5S/c1-25-16-8-3-13(11-17(16)26-2)9-10-20-18(22)12-27-19(20)14-4-6-15(7-5-14)21(23)24/h3-8,11,19H,9-10,12H2,1-2H3/t19-/m0/s1. The Bertz CT molecular complexity index is 840. The van der Waals surface area contributed by atoms with Crippen molar-refractivity contribution in [2.24, 2.45) is 0 Å². The SMILES string of the molecule is COc1ccc(CCN2C(=O)CS[C@H]2c2ccc([N+](=O)[O-])cc2)cc1OC. The van der Waals surface area contributed by atoms with Gasteiger partial charge in [0.2, 0.25) is 5.91 Å². The molecule has 1 saturated heterocycles. The summed E-state index contributed by atoms with van der Waals surface area (Å²) in [6.45, 7) is 0.559. The maximum atomic E-state index is 12.3.